The quantitative estimate of drug-likeness (QED) is 0.642. The number of ether oxygens (including phenoxy) is 1. The van der Waals surface area contributed by atoms with Gasteiger partial charge in [-0.1, -0.05) is 24.8 Å². The largest absolute Gasteiger partial charge is 0.388 e. The first-order valence-corrected chi connectivity index (χ1v) is 6.21. The maximum atomic E-state index is 9.87. The molecule has 1 saturated heterocycles. The molecule has 5 heteroatoms. The minimum Gasteiger partial charge on any atom is -0.388 e. The minimum atomic E-state index is -1.23. The third kappa shape index (κ3) is 2.96. The van der Waals surface area contributed by atoms with Gasteiger partial charge in [-0.2, -0.15) is 0 Å². The van der Waals surface area contributed by atoms with Gasteiger partial charge in [-0.05, 0) is 24.6 Å². The molecule has 1 aliphatic heterocycles. The summed E-state index contributed by atoms with van der Waals surface area (Å²) in [4.78, 5) is 0. The maximum absolute atomic E-state index is 9.87. The number of hydrogen-bond acceptors (Lipinski definition) is 5. The molecule has 1 aliphatic rings. The van der Waals surface area contributed by atoms with Crippen LogP contribution in [-0.4, -0.2) is 46.0 Å². The van der Waals surface area contributed by atoms with Gasteiger partial charge in [-0.15, -0.1) is 0 Å². The van der Waals surface area contributed by atoms with Crippen molar-refractivity contribution in [1.82, 2.24) is 0 Å². The van der Waals surface area contributed by atoms with Crippen LogP contribution in [0.1, 0.15) is 12.5 Å². The Kier molecular flexibility index (Phi) is 4.21. The third-order valence-electron chi connectivity index (χ3n) is 3.31. The topological polar surface area (TPSA) is 82.0 Å². The van der Waals surface area contributed by atoms with E-state index in [2.05, 4.69) is 11.9 Å². The maximum Gasteiger partial charge on any atom is 0.157 e. The molecule has 0 aromatic heterocycles. The van der Waals surface area contributed by atoms with E-state index in [9.17, 15) is 15.3 Å². The number of benzene rings is 1. The van der Waals surface area contributed by atoms with Crippen LogP contribution in [0, 0.1) is 0 Å². The highest BCUT2D eigenvalue weighted by molar-refractivity contribution is 5.53. The zero-order valence-electron chi connectivity index (χ0n) is 10.7. The predicted molar refractivity (Wildman–Crippen MR) is 72.5 cm³/mol. The molecule has 0 aliphatic carbocycles. The number of aliphatic hydroxyl groups excluding tert-OH is 3. The van der Waals surface area contributed by atoms with E-state index < -0.39 is 30.6 Å². The van der Waals surface area contributed by atoms with E-state index in [4.69, 9.17) is 4.74 Å². The van der Waals surface area contributed by atoms with Crippen molar-refractivity contribution in [2.75, 3.05) is 5.32 Å². The van der Waals surface area contributed by atoms with Gasteiger partial charge in [0.05, 0.1) is 6.10 Å². The molecule has 0 spiro atoms. The number of hydrogen-bond donors (Lipinski definition) is 4. The van der Waals surface area contributed by atoms with E-state index in [1.165, 1.54) is 0 Å². The van der Waals surface area contributed by atoms with E-state index in [-0.39, 0.29) is 0 Å². The van der Waals surface area contributed by atoms with Gasteiger partial charge in [0.25, 0.3) is 0 Å². The lowest BCUT2D eigenvalue weighted by molar-refractivity contribution is -0.209. The average Bonchev–Trinajstić information content (AvgIpc) is 2.43. The van der Waals surface area contributed by atoms with Gasteiger partial charge < -0.3 is 25.4 Å². The van der Waals surface area contributed by atoms with E-state index in [0.29, 0.717) is 0 Å². The normalized spacial score (nSPS) is 34.8. The van der Waals surface area contributed by atoms with E-state index in [1.54, 1.807) is 13.0 Å². The first kappa shape index (κ1) is 14.0. The van der Waals surface area contributed by atoms with Crippen LogP contribution in [0.15, 0.2) is 30.8 Å². The van der Waals surface area contributed by atoms with Gasteiger partial charge in [0.2, 0.25) is 0 Å². The molecule has 2 rings (SSSR count). The van der Waals surface area contributed by atoms with Crippen molar-refractivity contribution < 1.29 is 20.1 Å². The minimum absolute atomic E-state index is 0.552. The molecule has 4 N–H and O–H groups in total. The second kappa shape index (κ2) is 5.71. The summed E-state index contributed by atoms with van der Waals surface area (Å²) in [5, 5.41) is 32.2. The Bertz CT molecular complexity index is 434. The van der Waals surface area contributed by atoms with Crippen LogP contribution in [0.4, 0.5) is 5.69 Å². The fourth-order valence-electron chi connectivity index (χ4n) is 2.05. The molecule has 19 heavy (non-hydrogen) atoms. The van der Waals surface area contributed by atoms with Gasteiger partial charge in [0.1, 0.15) is 18.3 Å². The lowest BCUT2D eigenvalue weighted by atomic mass is 9.99. The van der Waals surface area contributed by atoms with Crippen LogP contribution in [0.25, 0.3) is 6.08 Å². The monoisotopic (exact) mass is 265 g/mol. The second-order valence-corrected chi connectivity index (χ2v) is 4.70. The molecule has 0 bridgehead atoms. The van der Waals surface area contributed by atoms with Crippen LogP contribution in [0.3, 0.4) is 0 Å². The summed E-state index contributed by atoms with van der Waals surface area (Å²) in [5.74, 6) is 0. The molecule has 0 saturated carbocycles. The summed E-state index contributed by atoms with van der Waals surface area (Å²) < 4.78 is 5.45. The average molecular weight is 265 g/mol. The van der Waals surface area contributed by atoms with Crippen molar-refractivity contribution in [3.8, 4) is 0 Å². The van der Waals surface area contributed by atoms with Crippen LogP contribution >= 0.6 is 0 Å². The lowest BCUT2D eigenvalue weighted by Crippen LogP contribution is -2.58. The van der Waals surface area contributed by atoms with Gasteiger partial charge >= 0.3 is 0 Å². The SMILES string of the molecule is C=Cc1ccc(N[C@H]2O[C@@H](C)[C@H](O)[C@@H](O)[C@H]2O)cc1. The summed E-state index contributed by atoms with van der Waals surface area (Å²) in [6.45, 7) is 5.32. The smallest absolute Gasteiger partial charge is 0.157 e. The first-order chi connectivity index (χ1) is 9.02. The summed E-state index contributed by atoms with van der Waals surface area (Å²) in [7, 11) is 0. The van der Waals surface area contributed by atoms with Crippen molar-refractivity contribution in [2.24, 2.45) is 0 Å². The summed E-state index contributed by atoms with van der Waals surface area (Å²) >= 11 is 0. The Morgan fingerprint density at radius 3 is 2.32 bits per heavy atom. The Hall–Kier alpha value is -1.40. The van der Waals surface area contributed by atoms with Crippen molar-refractivity contribution in [3.05, 3.63) is 36.4 Å². The molecule has 5 atom stereocenters. The van der Waals surface area contributed by atoms with Gasteiger partial charge in [-0.25, -0.2) is 0 Å². The number of nitrogens with one attached hydrogen (secondary N) is 1. The van der Waals surface area contributed by atoms with Crippen molar-refractivity contribution in [2.45, 2.75) is 37.6 Å². The molecule has 1 aromatic rings. The zero-order chi connectivity index (χ0) is 14.0. The van der Waals surface area contributed by atoms with Gasteiger partial charge in [-0.3, -0.25) is 0 Å². The molecule has 1 heterocycles. The Balaban J connectivity index is 2.07. The number of anilines is 1. The molecule has 0 radical (unpaired) electrons. The highest BCUT2D eigenvalue weighted by Crippen LogP contribution is 2.22. The molecule has 0 amide bonds. The summed E-state index contributed by atoms with van der Waals surface area (Å²) in [6.07, 6.45) is -3.08. The lowest BCUT2D eigenvalue weighted by Gasteiger charge is -2.39. The molecule has 104 valence electrons. The molecule has 1 aromatic carbocycles. The molecule has 1 fully saturated rings. The summed E-state index contributed by atoms with van der Waals surface area (Å²) in [5.41, 5.74) is 1.74. The van der Waals surface area contributed by atoms with Crippen molar-refractivity contribution >= 4 is 11.8 Å². The number of aliphatic hydroxyl groups is 3. The Morgan fingerprint density at radius 2 is 1.74 bits per heavy atom. The predicted octanol–water partition coefficient (Wildman–Crippen LogP) is 0.569. The van der Waals surface area contributed by atoms with Crippen molar-refractivity contribution in [1.29, 1.82) is 0 Å². The highest BCUT2D eigenvalue weighted by atomic mass is 16.5. The zero-order valence-corrected chi connectivity index (χ0v) is 10.7. The molecule has 5 nitrogen and oxygen atoms in total. The van der Waals surface area contributed by atoms with Crippen LogP contribution < -0.4 is 5.32 Å². The molecular weight excluding hydrogens is 246 g/mol. The fraction of sp³-hybridized carbons (Fsp3) is 0.429. The first-order valence-electron chi connectivity index (χ1n) is 6.21. The van der Waals surface area contributed by atoms with E-state index in [1.807, 2.05) is 24.3 Å². The third-order valence-corrected chi connectivity index (χ3v) is 3.31. The van der Waals surface area contributed by atoms with Gasteiger partial charge in [0, 0.05) is 5.69 Å². The Labute approximate surface area is 112 Å². The molecular formula is C14H19NO4. The van der Waals surface area contributed by atoms with Crippen LogP contribution in [0.5, 0.6) is 0 Å². The van der Waals surface area contributed by atoms with Crippen molar-refractivity contribution in [3.63, 3.8) is 0 Å². The fourth-order valence-corrected chi connectivity index (χ4v) is 2.05. The summed E-state index contributed by atoms with van der Waals surface area (Å²) in [6, 6.07) is 7.41. The Morgan fingerprint density at radius 1 is 1.11 bits per heavy atom. The van der Waals surface area contributed by atoms with E-state index >= 15 is 0 Å². The molecule has 0 unspecified atom stereocenters. The highest BCUT2D eigenvalue weighted by Gasteiger charge is 2.41. The van der Waals surface area contributed by atoms with Crippen LogP contribution in [-0.2, 0) is 4.74 Å². The number of rotatable bonds is 3. The standard InChI is InChI=1S/C14H19NO4/c1-3-9-4-6-10(7-5-9)15-14-13(18)12(17)11(16)8(2)19-14/h3-8,11-18H,1H2,2H3/t8-,11-,12+,13+,14-/m0/s1. The second-order valence-electron chi connectivity index (χ2n) is 4.70. The van der Waals surface area contributed by atoms with E-state index in [0.717, 1.165) is 11.3 Å². The van der Waals surface area contributed by atoms with Crippen LogP contribution in [0.2, 0.25) is 0 Å². The van der Waals surface area contributed by atoms with Gasteiger partial charge in [0.15, 0.2) is 6.23 Å².